The third-order valence-electron chi connectivity index (χ3n) is 2.76. The molecule has 21 heavy (non-hydrogen) atoms. The van der Waals surface area contributed by atoms with Gasteiger partial charge in [0, 0.05) is 11.4 Å². The molecule has 0 saturated heterocycles. The molecule has 0 spiro atoms. The van der Waals surface area contributed by atoms with Crippen molar-refractivity contribution in [3.8, 4) is 0 Å². The molecule has 2 aromatic carbocycles. The molecular weight excluding hydrogens is 332 g/mol. The van der Waals surface area contributed by atoms with Crippen LogP contribution in [-0.4, -0.2) is 17.1 Å². The summed E-state index contributed by atoms with van der Waals surface area (Å²) in [6, 6.07) is 16.6. The first-order valence-corrected chi connectivity index (χ1v) is 7.59. The van der Waals surface area contributed by atoms with Crippen molar-refractivity contribution in [3.05, 3.63) is 60.2 Å². The van der Waals surface area contributed by atoms with Gasteiger partial charge in [-0.3, -0.25) is 9.59 Å². The first-order chi connectivity index (χ1) is 10.2. The molecule has 0 aromatic heterocycles. The highest BCUT2D eigenvalue weighted by molar-refractivity contribution is 9.09. The van der Waals surface area contributed by atoms with Gasteiger partial charge in [-0.05, 0) is 23.8 Å². The summed E-state index contributed by atoms with van der Waals surface area (Å²) in [6.45, 7) is 0. The maximum absolute atomic E-state index is 12.0. The molecule has 0 aliphatic heterocycles. The fourth-order valence-corrected chi connectivity index (χ4v) is 2.00. The molecule has 0 aliphatic carbocycles. The molecule has 0 aliphatic rings. The van der Waals surface area contributed by atoms with E-state index in [0.717, 1.165) is 5.56 Å². The molecule has 5 heteroatoms. The van der Waals surface area contributed by atoms with Crippen molar-refractivity contribution in [3.63, 3.8) is 0 Å². The smallest absolute Gasteiger partial charge is 0.235 e. The van der Waals surface area contributed by atoms with E-state index in [1.807, 2.05) is 30.3 Å². The maximum Gasteiger partial charge on any atom is 0.235 e. The van der Waals surface area contributed by atoms with Gasteiger partial charge in [0.1, 0.15) is 0 Å². The van der Waals surface area contributed by atoms with Crippen LogP contribution in [0.3, 0.4) is 0 Å². The molecule has 0 fully saturated rings. The van der Waals surface area contributed by atoms with Gasteiger partial charge in [-0.1, -0.05) is 52.3 Å². The third kappa shape index (κ3) is 5.04. The van der Waals surface area contributed by atoms with Crippen LogP contribution in [0.5, 0.6) is 0 Å². The predicted molar refractivity (Wildman–Crippen MR) is 87.6 cm³/mol. The van der Waals surface area contributed by atoms with Gasteiger partial charge in [-0.15, -0.1) is 0 Å². The van der Waals surface area contributed by atoms with Crippen LogP contribution in [0.15, 0.2) is 54.6 Å². The highest BCUT2D eigenvalue weighted by Crippen LogP contribution is 2.15. The van der Waals surface area contributed by atoms with Crippen molar-refractivity contribution < 1.29 is 9.59 Å². The van der Waals surface area contributed by atoms with Gasteiger partial charge in [0.15, 0.2) is 0 Å². The number of rotatable bonds is 5. The Kier molecular flexibility index (Phi) is 5.51. The van der Waals surface area contributed by atoms with E-state index >= 15 is 0 Å². The monoisotopic (exact) mass is 346 g/mol. The van der Waals surface area contributed by atoms with Gasteiger partial charge in [0.25, 0.3) is 0 Å². The predicted octanol–water partition coefficient (Wildman–Crippen LogP) is 3.20. The Hall–Kier alpha value is -2.14. The second-order valence-corrected chi connectivity index (χ2v) is 5.03. The first-order valence-electron chi connectivity index (χ1n) is 6.47. The molecule has 0 bridgehead atoms. The Morgan fingerprint density at radius 1 is 0.857 bits per heavy atom. The van der Waals surface area contributed by atoms with Crippen LogP contribution < -0.4 is 10.6 Å². The number of anilines is 2. The van der Waals surface area contributed by atoms with Gasteiger partial charge < -0.3 is 10.6 Å². The maximum atomic E-state index is 12.0. The van der Waals surface area contributed by atoms with Crippen molar-refractivity contribution in [2.75, 3.05) is 16.0 Å². The summed E-state index contributed by atoms with van der Waals surface area (Å²) in [7, 11) is 0. The van der Waals surface area contributed by atoms with Crippen molar-refractivity contribution >= 4 is 39.1 Å². The second-order valence-electron chi connectivity index (χ2n) is 4.47. The Balaban J connectivity index is 1.97. The number of carbonyl (C=O) groups excluding carboxylic acids is 2. The third-order valence-corrected chi connectivity index (χ3v) is 3.27. The van der Waals surface area contributed by atoms with E-state index in [4.69, 9.17) is 0 Å². The van der Waals surface area contributed by atoms with Gasteiger partial charge in [-0.2, -0.15) is 0 Å². The lowest BCUT2D eigenvalue weighted by Gasteiger charge is -2.08. The van der Waals surface area contributed by atoms with Crippen LogP contribution in [0.2, 0.25) is 0 Å². The van der Waals surface area contributed by atoms with Gasteiger partial charge in [0.05, 0.1) is 11.8 Å². The van der Waals surface area contributed by atoms with E-state index < -0.39 is 0 Å². The molecule has 0 saturated carbocycles. The van der Waals surface area contributed by atoms with Crippen LogP contribution >= 0.6 is 15.9 Å². The Morgan fingerprint density at radius 2 is 1.48 bits per heavy atom. The van der Waals surface area contributed by atoms with E-state index in [-0.39, 0.29) is 17.1 Å². The minimum Gasteiger partial charge on any atom is -0.326 e. The van der Waals surface area contributed by atoms with Crippen molar-refractivity contribution in [1.82, 2.24) is 0 Å². The van der Waals surface area contributed by atoms with E-state index in [1.54, 1.807) is 24.3 Å². The summed E-state index contributed by atoms with van der Waals surface area (Å²) in [6.07, 6.45) is 0.318. The number of amides is 2. The van der Waals surface area contributed by atoms with Crippen LogP contribution in [0.25, 0.3) is 0 Å². The largest absolute Gasteiger partial charge is 0.326 e. The van der Waals surface area contributed by atoms with Gasteiger partial charge in [0.2, 0.25) is 11.8 Å². The topological polar surface area (TPSA) is 58.2 Å². The highest BCUT2D eigenvalue weighted by Gasteiger charge is 2.05. The zero-order valence-electron chi connectivity index (χ0n) is 11.3. The quantitative estimate of drug-likeness (QED) is 0.816. The van der Waals surface area contributed by atoms with Crippen LogP contribution in [0, 0.1) is 0 Å². The molecule has 0 heterocycles. The number of hydrogen-bond donors (Lipinski definition) is 2. The lowest BCUT2D eigenvalue weighted by molar-refractivity contribution is -0.115. The fraction of sp³-hybridized carbons (Fsp3) is 0.125. The Morgan fingerprint density at radius 3 is 2.10 bits per heavy atom. The van der Waals surface area contributed by atoms with Crippen molar-refractivity contribution in [2.24, 2.45) is 0 Å². The molecule has 4 nitrogen and oxygen atoms in total. The summed E-state index contributed by atoms with van der Waals surface area (Å²) in [5, 5.41) is 5.77. The molecule has 2 rings (SSSR count). The molecular formula is C16H15BrN2O2. The zero-order chi connectivity index (χ0) is 15.1. The van der Waals surface area contributed by atoms with Crippen LogP contribution in [0.1, 0.15) is 5.56 Å². The number of halogens is 1. The number of carbonyl (C=O) groups is 2. The Labute approximate surface area is 131 Å². The minimum absolute atomic E-state index is 0.0924. The number of benzene rings is 2. The lowest BCUT2D eigenvalue weighted by atomic mass is 10.1. The second kappa shape index (κ2) is 7.59. The normalized spacial score (nSPS) is 9.95. The standard InChI is InChI=1S/C16H15BrN2O2/c17-11-16(21)19-14-8-4-7-13(10-14)18-15(20)9-12-5-2-1-3-6-12/h1-8,10H,9,11H2,(H,18,20)(H,19,21). The van der Waals surface area contributed by atoms with E-state index in [2.05, 4.69) is 26.6 Å². The molecule has 0 unspecified atom stereocenters. The highest BCUT2D eigenvalue weighted by atomic mass is 79.9. The summed E-state index contributed by atoms with van der Waals surface area (Å²) >= 11 is 3.09. The van der Waals surface area contributed by atoms with Gasteiger partial charge in [-0.25, -0.2) is 0 Å². The average Bonchev–Trinajstić information content (AvgIpc) is 2.48. The lowest BCUT2D eigenvalue weighted by Crippen LogP contribution is -2.15. The summed E-state index contributed by atoms with van der Waals surface area (Å²) < 4.78 is 0. The van der Waals surface area contributed by atoms with Crippen molar-refractivity contribution in [1.29, 1.82) is 0 Å². The van der Waals surface area contributed by atoms with Crippen LogP contribution in [0.4, 0.5) is 11.4 Å². The van der Waals surface area contributed by atoms with Gasteiger partial charge >= 0.3 is 0 Å². The average molecular weight is 347 g/mol. The van der Waals surface area contributed by atoms with Crippen LogP contribution in [-0.2, 0) is 16.0 Å². The summed E-state index contributed by atoms with van der Waals surface area (Å²) in [4.78, 5) is 23.3. The molecule has 2 aromatic rings. The molecule has 108 valence electrons. The molecule has 2 amide bonds. The van der Waals surface area contributed by atoms with Crippen molar-refractivity contribution in [2.45, 2.75) is 6.42 Å². The summed E-state index contributed by atoms with van der Waals surface area (Å²) in [5.74, 6) is -0.229. The molecule has 0 radical (unpaired) electrons. The Bertz CT molecular complexity index is 629. The number of hydrogen-bond acceptors (Lipinski definition) is 2. The summed E-state index contributed by atoms with van der Waals surface area (Å²) in [5.41, 5.74) is 2.26. The SMILES string of the molecule is O=C(CBr)Nc1cccc(NC(=O)Cc2ccccc2)c1. The number of alkyl halides is 1. The zero-order valence-corrected chi connectivity index (χ0v) is 12.9. The molecule has 0 atom stereocenters. The first kappa shape index (κ1) is 15.3. The minimum atomic E-state index is -0.136. The van der Waals surface area contributed by atoms with E-state index in [9.17, 15) is 9.59 Å². The fourth-order valence-electron chi connectivity index (χ4n) is 1.86. The number of nitrogens with one attached hydrogen (secondary N) is 2. The molecule has 2 N–H and O–H groups in total. The van der Waals surface area contributed by atoms with E-state index in [1.165, 1.54) is 0 Å². The van der Waals surface area contributed by atoms with E-state index in [0.29, 0.717) is 17.8 Å².